The second-order valence-corrected chi connectivity index (χ2v) is 8.56. The molecule has 0 amide bonds. The van der Waals surface area contributed by atoms with Gasteiger partial charge in [-0.3, -0.25) is 0 Å². The van der Waals surface area contributed by atoms with Gasteiger partial charge in [-0.1, -0.05) is 114 Å². The van der Waals surface area contributed by atoms with E-state index in [0.717, 1.165) is 5.75 Å². The molecule has 0 aliphatic rings. The van der Waals surface area contributed by atoms with E-state index in [1.165, 1.54) is 22.3 Å². The molecule has 0 aliphatic heterocycles. The van der Waals surface area contributed by atoms with Crippen LogP contribution in [0.1, 0.15) is 81.5 Å². The van der Waals surface area contributed by atoms with Crippen LogP contribution in [-0.4, -0.2) is 7.11 Å². The maximum atomic E-state index is 5.05. The largest absolute Gasteiger partial charge is 0.497 e. The lowest BCUT2D eigenvalue weighted by Gasteiger charge is -2.05. The van der Waals surface area contributed by atoms with E-state index in [4.69, 9.17) is 4.74 Å². The molecule has 1 heteroatoms. The van der Waals surface area contributed by atoms with E-state index in [9.17, 15) is 0 Å². The summed E-state index contributed by atoms with van der Waals surface area (Å²) >= 11 is 0. The van der Waals surface area contributed by atoms with E-state index in [1.54, 1.807) is 7.11 Å². The lowest BCUT2D eigenvalue weighted by Crippen LogP contribution is -1.87. The molecule has 0 bridgehead atoms. The lowest BCUT2D eigenvalue weighted by molar-refractivity contribution is 0.414. The van der Waals surface area contributed by atoms with E-state index in [2.05, 4.69) is 109 Å². The van der Waals surface area contributed by atoms with E-state index in [1.807, 2.05) is 18.2 Å². The van der Waals surface area contributed by atoms with Crippen molar-refractivity contribution in [2.45, 2.75) is 66.2 Å². The summed E-state index contributed by atoms with van der Waals surface area (Å²) in [6.45, 7) is 15.3. The molecule has 0 saturated carbocycles. The molecule has 0 atom stereocenters. The molecule has 0 spiro atoms. The van der Waals surface area contributed by atoms with E-state index < -0.39 is 0 Å². The molecule has 0 aliphatic carbocycles. The first-order valence-corrected chi connectivity index (χ1v) is 11.0. The Morgan fingerprint density at radius 1 is 0.500 bits per heavy atom. The minimum absolute atomic E-state index is 0.598. The second kappa shape index (κ2) is 13.6. The van der Waals surface area contributed by atoms with Crippen molar-refractivity contribution in [3.8, 4) is 5.75 Å². The van der Waals surface area contributed by atoms with Crippen LogP contribution < -0.4 is 4.74 Å². The van der Waals surface area contributed by atoms with Gasteiger partial charge in [0, 0.05) is 0 Å². The maximum Gasteiger partial charge on any atom is 0.118 e. The average molecular weight is 405 g/mol. The Hall–Kier alpha value is -2.54. The third kappa shape index (κ3) is 9.78. The highest BCUT2D eigenvalue weighted by Crippen LogP contribution is 2.18. The van der Waals surface area contributed by atoms with Crippen LogP contribution in [0.15, 0.2) is 78.9 Å². The van der Waals surface area contributed by atoms with E-state index in [-0.39, 0.29) is 0 Å². The van der Waals surface area contributed by atoms with Crippen molar-refractivity contribution in [3.05, 3.63) is 101 Å². The van der Waals surface area contributed by atoms with Gasteiger partial charge in [0.2, 0.25) is 0 Å². The highest BCUT2D eigenvalue weighted by atomic mass is 16.5. The van der Waals surface area contributed by atoms with Crippen molar-refractivity contribution in [2.24, 2.45) is 0 Å². The fourth-order valence-electron chi connectivity index (χ4n) is 2.78. The number of hydrogen-bond donors (Lipinski definition) is 0. The van der Waals surface area contributed by atoms with E-state index >= 15 is 0 Å². The number of rotatable bonds is 4. The molecule has 0 heterocycles. The summed E-state index contributed by atoms with van der Waals surface area (Å²) in [7, 11) is 1.68. The van der Waals surface area contributed by atoms with Crippen molar-refractivity contribution in [1.82, 2.24) is 0 Å². The van der Waals surface area contributed by atoms with E-state index in [0.29, 0.717) is 17.8 Å². The standard InChI is InChI=1S/C10H14O.C10H14.C9H12/c1-8(2)9-4-6-10(11-3)7-5-9;1-8(2)10-6-4-9(3)5-7-10;1-8(2)9-6-4-3-5-7-9/h4-8H,1-3H3;4-8H,1-3H3;3-8H,1-2H3. The van der Waals surface area contributed by atoms with Gasteiger partial charge in [0.15, 0.2) is 0 Å². The van der Waals surface area contributed by atoms with Gasteiger partial charge < -0.3 is 4.74 Å². The first-order valence-electron chi connectivity index (χ1n) is 11.0. The fourth-order valence-corrected chi connectivity index (χ4v) is 2.78. The summed E-state index contributed by atoms with van der Waals surface area (Å²) in [6.07, 6.45) is 0. The Labute approximate surface area is 185 Å². The van der Waals surface area contributed by atoms with Crippen molar-refractivity contribution < 1.29 is 4.74 Å². The van der Waals surface area contributed by atoms with Crippen molar-refractivity contribution in [3.63, 3.8) is 0 Å². The van der Waals surface area contributed by atoms with Crippen molar-refractivity contribution in [2.75, 3.05) is 7.11 Å². The third-order valence-corrected chi connectivity index (χ3v) is 4.99. The monoisotopic (exact) mass is 404 g/mol. The number of benzene rings is 3. The summed E-state index contributed by atoms with van der Waals surface area (Å²) in [5.74, 6) is 2.84. The summed E-state index contributed by atoms with van der Waals surface area (Å²) in [5.41, 5.74) is 5.53. The smallest absolute Gasteiger partial charge is 0.118 e. The van der Waals surface area contributed by atoms with Crippen LogP contribution in [0.5, 0.6) is 5.75 Å². The summed E-state index contributed by atoms with van der Waals surface area (Å²) in [4.78, 5) is 0. The highest BCUT2D eigenvalue weighted by molar-refractivity contribution is 5.28. The van der Waals surface area contributed by atoms with Crippen LogP contribution >= 0.6 is 0 Å². The SMILES string of the molecule is CC(C)c1ccccc1.COc1ccc(C(C)C)cc1.Cc1ccc(C(C)C)cc1. The van der Waals surface area contributed by atoms with Gasteiger partial charge in [0.1, 0.15) is 5.75 Å². The highest BCUT2D eigenvalue weighted by Gasteiger charge is 1.97. The van der Waals surface area contributed by atoms with Crippen LogP contribution in [0.2, 0.25) is 0 Å². The Balaban J connectivity index is 0.000000226. The van der Waals surface area contributed by atoms with Crippen molar-refractivity contribution >= 4 is 0 Å². The van der Waals surface area contributed by atoms with Gasteiger partial charge in [-0.15, -0.1) is 0 Å². The molecule has 0 saturated heterocycles. The molecular weight excluding hydrogens is 364 g/mol. The zero-order valence-electron chi connectivity index (χ0n) is 20.1. The molecule has 3 rings (SSSR count). The Morgan fingerprint density at radius 3 is 1.20 bits per heavy atom. The number of hydrogen-bond acceptors (Lipinski definition) is 1. The molecule has 0 aromatic heterocycles. The van der Waals surface area contributed by atoms with Gasteiger partial charge in [0.25, 0.3) is 0 Å². The predicted molar refractivity (Wildman–Crippen MR) is 133 cm³/mol. The molecule has 30 heavy (non-hydrogen) atoms. The molecule has 0 radical (unpaired) electrons. The Kier molecular flexibility index (Phi) is 11.6. The molecule has 1 nitrogen and oxygen atoms in total. The van der Waals surface area contributed by atoms with Gasteiger partial charge in [-0.05, 0) is 53.5 Å². The Morgan fingerprint density at radius 2 is 0.867 bits per heavy atom. The number of methoxy groups -OCH3 is 1. The normalized spacial score (nSPS) is 10.2. The van der Waals surface area contributed by atoms with Crippen LogP contribution in [-0.2, 0) is 0 Å². The van der Waals surface area contributed by atoms with Gasteiger partial charge in [0.05, 0.1) is 7.11 Å². The number of ether oxygens (including phenoxy) is 1. The quantitative estimate of drug-likeness (QED) is 0.422. The minimum atomic E-state index is 0.598. The molecule has 0 fully saturated rings. The first-order chi connectivity index (χ1) is 14.2. The summed E-state index contributed by atoms with van der Waals surface area (Å²) in [5, 5.41) is 0. The minimum Gasteiger partial charge on any atom is -0.497 e. The zero-order chi connectivity index (χ0) is 22.5. The molecule has 0 unspecified atom stereocenters. The van der Waals surface area contributed by atoms with Crippen molar-refractivity contribution in [1.29, 1.82) is 0 Å². The fraction of sp³-hybridized carbons (Fsp3) is 0.379. The molecular formula is C29H40O. The zero-order valence-corrected chi connectivity index (χ0v) is 20.1. The van der Waals surface area contributed by atoms with Gasteiger partial charge >= 0.3 is 0 Å². The first kappa shape index (κ1) is 25.5. The number of aryl methyl sites for hydroxylation is 1. The maximum absolute atomic E-state index is 5.05. The third-order valence-electron chi connectivity index (χ3n) is 4.99. The van der Waals surface area contributed by atoms with Gasteiger partial charge in [-0.25, -0.2) is 0 Å². The van der Waals surface area contributed by atoms with Gasteiger partial charge in [-0.2, -0.15) is 0 Å². The molecule has 3 aromatic carbocycles. The lowest BCUT2D eigenvalue weighted by atomic mass is 10.0. The topological polar surface area (TPSA) is 9.23 Å². The summed E-state index contributed by atoms with van der Waals surface area (Å²) < 4.78 is 5.05. The predicted octanol–water partition coefficient (Wildman–Crippen LogP) is 8.75. The van der Waals surface area contributed by atoms with Crippen LogP contribution in [0.4, 0.5) is 0 Å². The van der Waals surface area contributed by atoms with Crippen LogP contribution in [0.25, 0.3) is 0 Å². The van der Waals surface area contributed by atoms with Crippen LogP contribution in [0.3, 0.4) is 0 Å². The Bertz CT molecular complexity index is 797. The molecule has 3 aromatic rings. The average Bonchev–Trinajstić information content (AvgIpc) is 2.75. The second-order valence-electron chi connectivity index (χ2n) is 8.56. The van der Waals surface area contributed by atoms with Crippen LogP contribution in [0, 0.1) is 6.92 Å². The molecule has 162 valence electrons. The summed E-state index contributed by atoms with van der Waals surface area (Å²) in [6, 6.07) is 27.4. The molecule has 0 N–H and O–H groups in total.